The Hall–Kier alpha value is -2.69. The molecule has 0 saturated heterocycles. The Labute approximate surface area is 119 Å². The second-order valence-electron chi connectivity index (χ2n) is 4.72. The lowest BCUT2D eigenvalue weighted by Crippen LogP contribution is -2.16. The van der Waals surface area contributed by atoms with E-state index in [-0.39, 0.29) is 6.42 Å². The number of aromatic nitrogens is 1. The predicted octanol–water partition coefficient (Wildman–Crippen LogP) is 3.63. The van der Waals surface area contributed by atoms with Crippen LogP contribution in [0.15, 0.2) is 48.7 Å². The van der Waals surface area contributed by atoms with Gasteiger partial charge < -0.3 is 10.3 Å². The highest BCUT2D eigenvalue weighted by molar-refractivity contribution is 5.93. The summed E-state index contributed by atoms with van der Waals surface area (Å²) in [7, 11) is 0. The van der Waals surface area contributed by atoms with Gasteiger partial charge in [-0.05, 0) is 41.3 Å². The molecule has 2 N–H and O–H groups in total. The summed E-state index contributed by atoms with van der Waals surface area (Å²) in [5.41, 5.74) is 1.33. The van der Waals surface area contributed by atoms with E-state index in [4.69, 9.17) is 0 Å². The minimum atomic E-state index is -0.788. The van der Waals surface area contributed by atoms with Crippen molar-refractivity contribution in [2.75, 3.05) is 5.32 Å². The van der Waals surface area contributed by atoms with Crippen molar-refractivity contribution >= 4 is 22.5 Å². The van der Waals surface area contributed by atoms with Gasteiger partial charge >= 0.3 is 0 Å². The number of rotatable bonds is 3. The maximum atomic E-state index is 13.5. The van der Waals surface area contributed by atoms with Crippen molar-refractivity contribution in [3.8, 4) is 0 Å². The number of amides is 1. The number of halogens is 2. The zero-order chi connectivity index (χ0) is 14.8. The van der Waals surface area contributed by atoms with E-state index in [1.54, 1.807) is 6.07 Å². The molecule has 1 amide bonds. The van der Waals surface area contributed by atoms with Gasteiger partial charge in [0.15, 0.2) is 0 Å². The molecule has 0 aliphatic carbocycles. The van der Waals surface area contributed by atoms with Gasteiger partial charge in [0.25, 0.3) is 0 Å². The summed E-state index contributed by atoms with van der Waals surface area (Å²) in [4.78, 5) is 15.0. The molecule has 0 bridgehead atoms. The third-order valence-corrected chi connectivity index (χ3v) is 3.21. The maximum Gasteiger partial charge on any atom is 0.228 e. The summed E-state index contributed by atoms with van der Waals surface area (Å²) >= 11 is 0. The van der Waals surface area contributed by atoms with Gasteiger partial charge in [0, 0.05) is 11.7 Å². The van der Waals surface area contributed by atoms with Crippen molar-refractivity contribution in [3.63, 3.8) is 0 Å². The average molecular weight is 286 g/mol. The molecule has 0 unspecified atom stereocenters. The van der Waals surface area contributed by atoms with Crippen molar-refractivity contribution in [2.24, 2.45) is 0 Å². The number of H-pyrrole nitrogens is 1. The highest BCUT2D eigenvalue weighted by Gasteiger charge is 2.12. The minimum Gasteiger partial charge on any atom is -0.361 e. The van der Waals surface area contributed by atoms with Crippen LogP contribution in [-0.2, 0) is 11.2 Å². The topological polar surface area (TPSA) is 44.9 Å². The molecule has 5 heteroatoms. The third kappa shape index (κ3) is 2.76. The minimum absolute atomic E-state index is 0.0505. The van der Waals surface area contributed by atoms with Crippen LogP contribution in [0.5, 0.6) is 0 Å². The Morgan fingerprint density at radius 1 is 1.10 bits per heavy atom. The molecule has 1 heterocycles. The quantitative estimate of drug-likeness (QED) is 0.758. The first-order chi connectivity index (χ1) is 10.1. The predicted molar refractivity (Wildman–Crippen MR) is 77.0 cm³/mol. The lowest BCUT2D eigenvalue weighted by molar-refractivity contribution is -0.115. The number of para-hydroxylation sites is 1. The van der Waals surface area contributed by atoms with Crippen LogP contribution in [0.3, 0.4) is 0 Å². The van der Waals surface area contributed by atoms with Crippen molar-refractivity contribution in [1.82, 2.24) is 4.98 Å². The molecule has 3 nitrogen and oxygen atoms in total. The van der Waals surface area contributed by atoms with Gasteiger partial charge in [0.05, 0.1) is 6.42 Å². The van der Waals surface area contributed by atoms with Crippen molar-refractivity contribution in [2.45, 2.75) is 6.42 Å². The summed E-state index contributed by atoms with van der Waals surface area (Å²) in [5, 5.41) is 3.26. The zero-order valence-corrected chi connectivity index (χ0v) is 11.0. The molecule has 2 aromatic carbocycles. The summed E-state index contributed by atoms with van der Waals surface area (Å²) < 4.78 is 26.9. The van der Waals surface area contributed by atoms with Gasteiger partial charge in [-0.3, -0.25) is 4.79 Å². The Balaban J connectivity index is 1.77. The normalized spacial score (nSPS) is 10.8. The average Bonchev–Trinajstić information content (AvgIpc) is 2.90. The fourth-order valence-corrected chi connectivity index (χ4v) is 2.20. The fraction of sp³-hybridized carbons (Fsp3) is 0.0625. The summed E-state index contributed by atoms with van der Waals surface area (Å²) in [6.07, 6.45) is 1.86. The van der Waals surface area contributed by atoms with Gasteiger partial charge in [0.1, 0.15) is 17.3 Å². The van der Waals surface area contributed by atoms with E-state index in [1.165, 1.54) is 6.07 Å². The number of fused-ring (bicyclic) bond motifs is 1. The fourth-order valence-electron chi connectivity index (χ4n) is 2.20. The maximum absolute atomic E-state index is 13.5. The van der Waals surface area contributed by atoms with E-state index in [2.05, 4.69) is 10.3 Å². The van der Waals surface area contributed by atoms with Crippen molar-refractivity contribution in [1.29, 1.82) is 0 Å². The third-order valence-electron chi connectivity index (χ3n) is 3.21. The molecule has 0 atom stereocenters. The Bertz CT molecular complexity index is 791. The number of carbonyl (C=O) groups excluding carboxylic acids is 1. The molecule has 1 aromatic heterocycles. The van der Waals surface area contributed by atoms with E-state index >= 15 is 0 Å². The number of hydrogen-bond acceptors (Lipinski definition) is 1. The van der Waals surface area contributed by atoms with Crippen LogP contribution >= 0.6 is 0 Å². The molecule has 0 fully saturated rings. The number of anilines is 1. The van der Waals surface area contributed by atoms with E-state index in [1.807, 2.05) is 24.4 Å². The van der Waals surface area contributed by atoms with E-state index in [0.717, 1.165) is 28.6 Å². The Morgan fingerprint density at radius 3 is 2.62 bits per heavy atom. The molecular formula is C16H12F2N2O. The smallest absolute Gasteiger partial charge is 0.228 e. The van der Waals surface area contributed by atoms with Crippen LogP contribution in [-0.4, -0.2) is 10.9 Å². The van der Waals surface area contributed by atoms with Gasteiger partial charge in [-0.25, -0.2) is 8.78 Å². The van der Waals surface area contributed by atoms with Gasteiger partial charge in [-0.1, -0.05) is 12.1 Å². The van der Waals surface area contributed by atoms with E-state index < -0.39 is 23.2 Å². The molecule has 0 aliphatic rings. The van der Waals surface area contributed by atoms with E-state index in [0.29, 0.717) is 0 Å². The highest BCUT2D eigenvalue weighted by atomic mass is 19.1. The van der Waals surface area contributed by atoms with Gasteiger partial charge in [0.2, 0.25) is 5.91 Å². The molecule has 21 heavy (non-hydrogen) atoms. The monoisotopic (exact) mass is 286 g/mol. The molecule has 3 aromatic rings. The number of carbonyl (C=O) groups is 1. The van der Waals surface area contributed by atoms with Crippen molar-refractivity contribution < 1.29 is 13.6 Å². The number of hydrogen-bond donors (Lipinski definition) is 2. The lowest BCUT2D eigenvalue weighted by Gasteiger charge is -2.07. The van der Waals surface area contributed by atoms with Crippen LogP contribution in [0.1, 0.15) is 5.56 Å². The second-order valence-corrected chi connectivity index (χ2v) is 4.72. The zero-order valence-electron chi connectivity index (χ0n) is 11.0. The summed E-state index contributed by atoms with van der Waals surface area (Å²) in [6, 6.07) is 10.9. The molecule has 3 rings (SSSR count). The first kappa shape index (κ1) is 13.3. The largest absolute Gasteiger partial charge is 0.361 e. The second kappa shape index (κ2) is 5.36. The van der Waals surface area contributed by atoms with Gasteiger partial charge in [-0.15, -0.1) is 0 Å². The summed E-state index contributed by atoms with van der Waals surface area (Å²) in [6.45, 7) is 0. The van der Waals surface area contributed by atoms with E-state index in [9.17, 15) is 13.6 Å². The molecule has 0 aliphatic heterocycles. The molecule has 106 valence electrons. The summed E-state index contributed by atoms with van der Waals surface area (Å²) in [5.74, 6) is -2.04. The SMILES string of the molecule is O=C(Cc1ccc2[nH]ccc2c1)Nc1c(F)cccc1F. The first-order valence-corrected chi connectivity index (χ1v) is 6.43. The lowest BCUT2D eigenvalue weighted by atomic mass is 10.1. The van der Waals surface area contributed by atoms with Crippen LogP contribution in [0.25, 0.3) is 10.9 Å². The number of benzene rings is 2. The highest BCUT2D eigenvalue weighted by Crippen LogP contribution is 2.19. The van der Waals surface area contributed by atoms with Crippen LogP contribution in [0.2, 0.25) is 0 Å². The number of aromatic amines is 1. The number of nitrogens with one attached hydrogen (secondary N) is 2. The molecule has 0 radical (unpaired) electrons. The molecule has 0 spiro atoms. The first-order valence-electron chi connectivity index (χ1n) is 6.43. The Kier molecular flexibility index (Phi) is 3.39. The standard InChI is InChI=1S/C16H12F2N2O/c17-12-2-1-3-13(18)16(12)20-15(21)9-10-4-5-14-11(8-10)6-7-19-14/h1-8,19H,9H2,(H,20,21). The van der Waals surface area contributed by atoms with Gasteiger partial charge in [-0.2, -0.15) is 0 Å². The van der Waals surface area contributed by atoms with Crippen LogP contribution in [0, 0.1) is 11.6 Å². The van der Waals surface area contributed by atoms with Crippen LogP contribution in [0.4, 0.5) is 14.5 Å². The van der Waals surface area contributed by atoms with Crippen LogP contribution < -0.4 is 5.32 Å². The van der Waals surface area contributed by atoms with Crippen molar-refractivity contribution in [3.05, 3.63) is 65.9 Å². The molecular weight excluding hydrogens is 274 g/mol. The Morgan fingerprint density at radius 2 is 1.86 bits per heavy atom. The molecule has 0 saturated carbocycles.